The lowest BCUT2D eigenvalue weighted by Gasteiger charge is -2.52. The van der Waals surface area contributed by atoms with Gasteiger partial charge in [-0.2, -0.15) is 22.8 Å². The molecule has 4 aromatic rings. The van der Waals surface area contributed by atoms with Crippen molar-refractivity contribution in [1.29, 1.82) is 0 Å². The molecule has 6 nitrogen and oxygen atoms in total. The van der Waals surface area contributed by atoms with Crippen LogP contribution in [0, 0.1) is 5.92 Å². The van der Waals surface area contributed by atoms with E-state index in [1.165, 1.54) is 4.52 Å². The lowest BCUT2D eigenvalue weighted by Crippen LogP contribution is -2.60. The van der Waals surface area contributed by atoms with Gasteiger partial charge in [0, 0.05) is 30.4 Å². The van der Waals surface area contributed by atoms with Gasteiger partial charge in [-0.05, 0) is 59.9 Å². The van der Waals surface area contributed by atoms with Crippen LogP contribution in [-0.4, -0.2) is 32.4 Å². The molecule has 1 atom stereocenters. The van der Waals surface area contributed by atoms with Crippen molar-refractivity contribution in [2.75, 3.05) is 11.9 Å². The molecule has 0 spiro atoms. The first-order chi connectivity index (χ1) is 18.6. The predicted molar refractivity (Wildman–Crippen MR) is 143 cm³/mol. The van der Waals surface area contributed by atoms with Gasteiger partial charge in [0.15, 0.2) is 11.3 Å². The van der Waals surface area contributed by atoms with Crippen LogP contribution in [0.25, 0.3) is 17.3 Å². The second kappa shape index (κ2) is 8.16. The molecule has 1 unspecified atom stereocenters. The Morgan fingerprint density at radius 3 is 2.36 bits per heavy atom. The molecule has 9 heteroatoms. The van der Waals surface area contributed by atoms with Gasteiger partial charge >= 0.3 is 6.18 Å². The van der Waals surface area contributed by atoms with Crippen molar-refractivity contribution in [2.45, 2.75) is 49.0 Å². The molecule has 0 bridgehead atoms. The van der Waals surface area contributed by atoms with E-state index in [1.807, 2.05) is 72.6 Å². The summed E-state index contributed by atoms with van der Waals surface area (Å²) < 4.78 is 41.7. The Labute approximate surface area is 223 Å². The molecule has 200 valence electrons. The van der Waals surface area contributed by atoms with Crippen LogP contribution in [-0.2, 0) is 11.7 Å². The first-order valence-corrected chi connectivity index (χ1v) is 13.1. The minimum Gasteiger partial charge on any atom is -0.389 e. The first kappa shape index (κ1) is 24.4. The van der Waals surface area contributed by atoms with E-state index in [-0.39, 0.29) is 11.7 Å². The molecule has 7 rings (SSSR count). The van der Waals surface area contributed by atoms with Gasteiger partial charge < -0.3 is 15.7 Å². The van der Waals surface area contributed by atoms with Crippen molar-refractivity contribution in [3.05, 3.63) is 94.8 Å². The molecule has 39 heavy (non-hydrogen) atoms. The third kappa shape index (κ3) is 3.86. The van der Waals surface area contributed by atoms with Crippen LogP contribution in [0.3, 0.4) is 0 Å². The number of halogens is 3. The molecule has 0 saturated heterocycles. The molecule has 0 amide bonds. The predicted octanol–water partition coefficient (Wildman–Crippen LogP) is 5.57. The molecule has 2 fully saturated rings. The van der Waals surface area contributed by atoms with E-state index < -0.39 is 23.0 Å². The summed E-state index contributed by atoms with van der Waals surface area (Å²) in [5, 5.41) is 14.7. The molecule has 3 N–H and O–H groups in total. The van der Waals surface area contributed by atoms with E-state index >= 15 is 0 Å². The van der Waals surface area contributed by atoms with Crippen LogP contribution >= 0.6 is 0 Å². The van der Waals surface area contributed by atoms with Crippen LogP contribution in [0.2, 0.25) is 0 Å². The quantitative estimate of drug-likeness (QED) is 0.360. The van der Waals surface area contributed by atoms with E-state index in [1.54, 1.807) is 6.20 Å². The van der Waals surface area contributed by atoms with Crippen LogP contribution < -0.4 is 10.6 Å². The van der Waals surface area contributed by atoms with E-state index in [9.17, 15) is 18.3 Å². The van der Waals surface area contributed by atoms with Gasteiger partial charge in [-0.15, -0.1) is 0 Å². The van der Waals surface area contributed by atoms with Gasteiger partial charge in [0.25, 0.3) is 0 Å². The van der Waals surface area contributed by atoms with E-state index in [4.69, 9.17) is 5.73 Å². The molecule has 3 aliphatic rings. The number of anilines is 1. The number of benzene rings is 2. The Hall–Kier alpha value is -3.69. The van der Waals surface area contributed by atoms with Gasteiger partial charge in [-0.3, -0.25) is 0 Å². The molecule has 3 heterocycles. The third-order valence-corrected chi connectivity index (χ3v) is 8.59. The number of hydrogen-bond donors (Lipinski definition) is 2. The summed E-state index contributed by atoms with van der Waals surface area (Å²) in [6.45, 7) is 0. The number of fused-ring (bicyclic) bond motifs is 3. The number of nitrogens with zero attached hydrogens (tertiary/aromatic N) is 4. The molecule has 2 saturated carbocycles. The minimum atomic E-state index is -4.57. The second-order valence-corrected chi connectivity index (χ2v) is 11.3. The number of alkyl halides is 3. The first-order valence-electron chi connectivity index (χ1n) is 13.1. The van der Waals surface area contributed by atoms with Crippen molar-refractivity contribution in [3.63, 3.8) is 0 Å². The molecular formula is C30H28F3N5O. The smallest absolute Gasteiger partial charge is 0.389 e. The average molecular weight is 532 g/mol. The second-order valence-electron chi connectivity index (χ2n) is 11.3. The number of likely N-dealkylation sites (N-methyl/N-ethyl adjacent to an activating group) is 1. The average Bonchev–Trinajstić information content (AvgIpc) is 3.66. The molecule has 1 aliphatic heterocycles. The van der Waals surface area contributed by atoms with Gasteiger partial charge in [0.05, 0.1) is 11.6 Å². The summed E-state index contributed by atoms with van der Waals surface area (Å²) in [5.74, 6) is 0.905. The van der Waals surface area contributed by atoms with Crippen LogP contribution in [0.15, 0.2) is 66.9 Å². The Morgan fingerprint density at radius 1 is 1.03 bits per heavy atom. The highest BCUT2D eigenvalue weighted by Gasteiger charge is 2.59. The maximum absolute atomic E-state index is 13.5. The van der Waals surface area contributed by atoms with E-state index in [0.717, 1.165) is 41.2 Å². The lowest BCUT2D eigenvalue weighted by atomic mass is 9.60. The molecular weight excluding hydrogens is 503 g/mol. The fourth-order valence-corrected chi connectivity index (χ4v) is 6.53. The molecule has 0 radical (unpaired) electrons. The highest BCUT2D eigenvalue weighted by molar-refractivity contribution is 5.93. The van der Waals surface area contributed by atoms with Gasteiger partial charge in [0.1, 0.15) is 5.82 Å². The zero-order valence-corrected chi connectivity index (χ0v) is 21.4. The SMILES string of the molecule is CN1c2c(cnc3cc(C(F)(F)F)nn23)C=C(c2ccccc2)C1c1ccc(C2(N)CC(O)(C3CC3)C2)cc1. The van der Waals surface area contributed by atoms with Gasteiger partial charge in [-0.1, -0.05) is 54.6 Å². The minimum absolute atomic E-state index is 0.136. The van der Waals surface area contributed by atoms with Crippen molar-refractivity contribution in [1.82, 2.24) is 14.6 Å². The van der Waals surface area contributed by atoms with E-state index in [2.05, 4.69) is 10.1 Å². The Bertz CT molecular complexity index is 1600. The Kier molecular flexibility index (Phi) is 5.10. The monoisotopic (exact) mass is 531 g/mol. The summed E-state index contributed by atoms with van der Waals surface area (Å²) in [7, 11) is 1.87. The molecule has 2 aromatic heterocycles. The number of hydrogen-bond acceptors (Lipinski definition) is 5. The summed E-state index contributed by atoms with van der Waals surface area (Å²) in [4.78, 5) is 6.23. The van der Waals surface area contributed by atoms with Crippen molar-refractivity contribution in [2.24, 2.45) is 11.7 Å². The lowest BCUT2D eigenvalue weighted by molar-refractivity contribution is -0.141. The number of rotatable bonds is 4. The summed E-state index contributed by atoms with van der Waals surface area (Å²) in [6, 6.07) is 18.7. The van der Waals surface area contributed by atoms with Crippen LogP contribution in [0.5, 0.6) is 0 Å². The van der Waals surface area contributed by atoms with Crippen molar-refractivity contribution in [3.8, 4) is 0 Å². The normalized spacial score (nSPS) is 26.8. The highest BCUT2D eigenvalue weighted by Crippen LogP contribution is 2.57. The topological polar surface area (TPSA) is 79.7 Å². The maximum Gasteiger partial charge on any atom is 0.435 e. The van der Waals surface area contributed by atoms with Gasteiger partial charge in [-0.25, -0.2) is 4.98 Å². The maximum atomic E-state index is 13.5. The van der Waals surface area contributed by atoms with Gasteiger partial charge in [0.2, 0.25) is 0 Å². The summed E-state index contributed by atoms with van der Waals surface area (Å²) >= 11 is 0. The molecule has 2 aromatic carbocycles. The third-order valence-electron chi connectivity index (χ3n) is 8.59. The van der Waals surface area contributed by atoms with Crippen LogP contribution in [0.1, 0.15) is 59.7 Å². The largest absolute Gasteiger partial charge is 0.435 e. The number of nitrogens with two attached hydrogens (primary N) is 1. The molecule has 2 aliphatic carbocycles. The van der Waals surface area contributed by atoms with Crippen molar-refractivity contribution < 1.29 is 18.3 Å². The number of aromatic nitrogens is 3. The fourth-order valence-electron chi connectivity index (χ4n) is 6.53. The van der Waals surface area contributed by atoms with Crippen molar-refractivity contribution >= 4 is 23.1 Å². The van der Waals surface area contributed by atoms with Crippen LogP contribution in [0.4, 0.5) is 19.0 Å². The highest BCUT2D eigenvalue weighted by atomic mass is 19.4. The number of aliphatic hydroxyl groups is 1. The Morgan fingerprint density at radius 2 is 1.72 bits per heavy atom. The van der Waals surface area contributed by atoms with E-state index in [0.29, 0.717) is 30.1 Å². The zero-order valence-electron chi connectivity index (χ0n) is 21.4. The Balaban J connectivity index is 1.31. The standard InChI is InChI=1S/C30H28F3N5O/c1-37-26(19-7-9-21(10-8-19)28(34)16-29(39,17-28)22-11-12-22)23(18-5-3-2-4-6-18)13-20-15-35-25-14-24(30(31,32)33)36-38(25)27(20)37/h2-10,13-15,22,26,39H,11-12,16-17,34H2,1H3. The fraction of sp³-hybridized carbons (Fsp3) is 0.333. The summed E-state index contributed by atoms with van der Waals surface area (Å²) in [5.41, 5.74) is 9.30. The summed E-state index contributed by atoms with van der Waals surface area (Å²) in [6.07, 6.45) is 2.26. The zero-order chi connectivity index (χ0) is 27.2.